The van der Waals surface area contributed by atoms with E-state index in [1.54, 1.807) is 0 Å². The topological polar surface area (TPSA) is 205 Å². The van der Waals surface area contributed by atoms with Crippen molar-refractivity contribution in [2.75, 3.05) is 0 Å². The summed E-state index contributed by atoms with van der Waals surface area (Å²) in [6.07, 6.45) is -2.98. The van der Waals surface area contributed by atoms with E-state index in [9.17, 15) is 38.3 Å². The van der Waals surface area contributed by atoms with Gasteiger partial charge < -0.3 is 29.4 Å². The summed E-state index contributed by atoms with van der Waals surface area (Å²) in [5.74, 6) is -1.74. The first-order chi connectivity index (χ1) is 9.87. The standard InChI is InChI=1S/C9H19NO10P2/c10-7(20-6-11)3-1-2-4-9(5-8(12)13,21(14,15)16)22(17,18)19/h6-7H,1-5,10H2,(H,12,13)(H2,14,15,16)(H2,17,18,19). The summed E-state index contributed by atoms with van der Waals surface area (Å²) in [5, 5.41) is 8.72. The highest BCUT2D eigenvalue weighted by Gasteiger charge is 2.60. The normalized spacial score (nSPS) is 14.4. The highest BCUT2D eigenvalue weighted by Crippen LogP contribution is 2.72. The van der Waals surface area contributed by atoms with Crippen molar-refractivity contribution in [1.82, 2.24) is 0 Å². The summed E-state index contributed by atoms with van der Waals surface area (Å²) >= 11 is 0. The van der Waals surface area contributed by atoms with Gasteiger partial charge in [0.25, 0.3) is 6.47 Å². The first kappa shape index (κ1) is 21.2. The SMILES string of the molecule is NC(CCCCC(CC(=O)O)(P(=O)(O)O)P(=O)(O)O)OC=O. The fourth-order valence-corrected chi connectivity index (χ4v) is 4.83. The molecule has 0 bridgehead atoms. The second-order valence-electron chi connectivity index (χ2n) is 4.66. The van der Waals surface area contributed by atoms with E-state index < -0.39 is 45.1 Å². The molecular formula is C9H19NO10P2. The van der Waals surface area contributed by atoms with Gasteiger partial charge in [-0.3, -0.25) is 24.5 Å². The zero-order valence-electron chi connectivity index (χ0n) is 11.4. The van der Waals surface area contributed by atoms with Crippen LogP contribution in [0.3, 0.4) is 0 Å². The Bertz CT molecular complexity index is 461. The van der Waals surface area contributed by atoms with Gasteiger partial charge in [0, 0.05) is 0 Å². The van der Waals surface area contributed by atoms with Gasteiger partial charge >= 0.3 is 21.2 Å². The van der Waals surface area contributed by atoms with Crippen LogP contribution in [-0.2, 0) is 23.5 Å². The lowest BCUT2D eigenvalue weighted by atomic mass is 10.1. The lowest BCUT2D eigenvalue weighted by molar-refractivity contribution is -0.137. The van der Waals surface area contributed by atoms with Crippen LogP contribution in [0.25, 0.3) is 0 Å². The molecule has 7 N–H and O–H groups in total. The third-order valence-electron chi connectivity index (χ3n) is 3.06. The zero-order valence-corrected chi connectivity index (χ0v) is 13.2. The molecule has 0 aliphatic rings. The van der Waals surface area contributed by atoms with Gasteiger partial charge in [0.2, 0.25) is 0 Å². The lowest BCUT2D eigenvalue weighted by Crippen LogP contribution is -2.32. The van der Waals surface area contributed by atoms with Crippen LogP contribution in [0.5, 0.6) is 0 Å². The molecule has 11 nitrogen and oxygen atoms in total. The maximum Gasteiger partial charge on any atom is 0.344 e. The number of ether oxygens (including phenoxy) is 1. The minimum Gasteiger partial charge on any atom is -0.481 e. The van der Waals surface area contributed by atoms with E-state index in [1.807, 2.05) is 0 Å². The summed E-state index contributed by atoms with van der Waals surface area (Å²) in [6, 6.07) is 0. The van der Waals surface area contributed by atoms with Crippen LogP contribution in [0.15, 0.2) is 0 Å². The average Bonchev–Trinajstić information content (AvgIpc) is 2.29. The van der Waals surface area contributed by atoms with Crippen LogP contribution in [0.2, 0.25) is 0 Å². The van der Waals surface area contributed by atoms with E-state index in [2.05, 4.69) is 4.74 Å². The molecule has 0 aliphatic carbocycles. The van der Waals surface area contributed by atoms with Gasteiger partial charge in [-0.25, -0.2) is 0 Å². The molecule has 0 amide bonds. The third-order valence-corrected chi connectivity index (χ3v) is 7.56. The molecule has 0 heterocycles. The van der Waals surface area contributed by atoms with Crippen LogP contribution in [0, 0.1) is 0 Å². The Labute approximate surface area is 125 Å². The molecule has 0 aromatic rings. The van der Waals surface area contributed by atoms with Gasteiger partial charge in [0.15, 0.2) is 11.1 Å². The number of carbonyl (C=O) groups excluding carboxylic acids is 1. The van der Waals surface area contributed by atoms with E-state index in [-0.39, 0.29) is 25.7 Å². The summed E-state index contributed by atoms with van der Waals surface area (Å²) < 4.78 is 27.4. The molecule has 0 rings (SSSR count). The predicted molar refractivity (Wildman–Crippen MR) is 72.7 cm³/mol. The zero-order chi connectivity index (χ0) is 17.6. The quantitative estimate of drug-likeness (QED) is 0.120. The first-order valence-corrected chi connectivity index (χ1v) is 9.27. The monoisotopic (exact) mass is 363 g/mol. The smallest absolute Gasteiger partial charge is 0.344 e. The highest BCUT2D eigenvalue weighted by molar-refractivity contribution is 7.72. The van der Waals surface area contributed by atoms with Gasteiger partial charge in [-0.15, -0.1) is 0 Å². The number of carboxylic acid groups (broad SMARTS) is 1. The fourth-order valence-electron chi connectivity index (χ4n) is 1.89. The summed E-state index contributed by atoms with van der Waals surface area (Å²) in [4.78, 5) is 54.9. The molecule has 0 radical (unpaired) electrons. The molecule has 0 spiro atoms. The van der Waals surface area contributed by atoms with Crippen LogP contribution in [0.4, 0.5) is 0 Å². The van der Waals surface area contributed by atoms with Crippen molar-refractivity contribution in [3.05, 3.63) is 0 Å². The molecule has 0 aromatic heterocycles. The molecule has 13 heteroatoms. The second-order valence-corrected chi connectivity index (χ2v) is 8.90. The number of hydrogen-bond donors (Lipinski definition) is 6. The Balaban J connectivity index is 5.10. The number of rotatable bonds is 11. The molecule has 130 valence electrons. The number of aliphatic carboxylic acids is 1. The molecular weight excluding hydrogens is 344 g/mol. The Kier molecular flexibility index (Phi) is 7.87. The van der Waals surface area contributed by atoms with Crippen molar-refractivity contribution in [3.8, 4) is 0 Å². The Hall–Kier alpha value is -0.800. The van der Waals surface area contributed by atoms with Crippen LogP contribution < -0.4 is 5.73 Å². The maximum absolute atomic E-state index is 11.5. The molecule has 22 heavy (non-hydrogen) atoms. The van der Waals surface area contributed by atoms with Crippen LogP contribution in [-0.4, -0.2) is 48.2 Å². The molecule has 0 fully saturated rings. The molecule has 1 atom stereocenters. The minimum absolute atomic E-state index is 0.0875. The Morgan fingerprint density at radius 3 is 2.05 bits per heavy atom. The average molecular weight is 363 g/mol. The van der Waals surface area contributed by atoms with E-state index in [0.717, 1.165) is 0 Å². The first-order valence-electron chi connectivity index (χ1n) is 6.05. The van der Waals surface area contributed by atoms with E-state index in [4.69, 9.17) is 10.8 Å². The van der Waals surface area contributed by atoms with Crippen molar-refractivity contribution in [2.45, 2.75) is 43.2 Å². The number of hydrogen-bond acceptors (Lipinski definition) is 6. The van der Waals surface area contributed by atoms with E-state index in [1.165, 1.54) is 0 Å². The maximum atomic E-state index is 11.5. The summed E-state index contributed by atoms with van der Waals surface area (Å²) in [7, 11) is -10.8. The largest absolute Gasteiger partial charge is 0.481 e. The number of unbranched alkanes of at least 4 members (excludes halogenated alkanes) is 1. The molecule has 0 saturated heterocycles. The number of carbonyl (C=O) groups is 2. The van der Waals surface area contributed by atoms with Gasteiger partial charge in [-0.2, -0.15) is 0 Å². The highest BCUT2D eigenvalue weighted by atomic mass is 31.2. The Morgan fingerprint density at radius 2 is 1.68 bits per heavy atom. The lowest BCUT2D eigenvalue weighted by Gasteiger charge is -2.33. The van der Waals surface area contributed by atoms with Gasteiger partial charge in [0.05, 0.1) is 6.42 Å². The van der Waals surface area contributed by atoms with Crippen molar-refractivity contribution >= 4 is 27.6 Å². The Morgan fingerprint density at radius 1 is 1.18 bits per heavy atom. The van der Waals surface area contributed by atoms with Crippen molar-refractivity contribution < 1.29 is 48.1 Å². The number of nitrogens with two attached hydrogens (primary N) is 1. The van der Waals surface area contributed by atoms with Gasteiger partial charge in [-0.05, 0) is 19.3 Å². The molecule has 1 unspecified atom stereocenters. The van der Waals surface area contributed by atoms with Gasteiger partial charge in [-0.1, -0.05) is 6.42 Å². The van der Waals surface area contributed by atoms with Crippen LogP contribution in [0.1, 0.15) is 32.1 Å². The van der Waals surface area contributed by atoms with Crippen molar-refractivity contribution in [1.29, 1.82) is 0 Å². The molecule has 0 aliphatic heterocycles. The summed E-state index contributed by atoms with van der Waals surface area (Å²) in [6.45, 7) is 0.116. The molecule has 0 saturated carbocycles. The van der Waals surface area contributed by atoms with Crippen LogP contribution >= 0.6 is 15.2 Å². The molecule has 0 aromatic carbocycles. The number of carboxylic acids is 1. The minimum atomic E-state index is -5.42. The predicted octanol–water partition coefficient (Wildman–Crippen LogP) is -0.469. The fraction of sp³-hybridized carbons (Fsp3) is 0.778. The second kappa shape index (κ2) is 8.16. The summed E-state index contributed by atoms with van der Waals surface area (Å²) in [5.41, 5.74) is 5.33. The third kappa shape index (κ3) is 5.77. The van der Waals surface area contributed by atoms with Crippen molar-refractivity contribution in [3.63, 3.8) is 0 Å². The van der Waals surface area contributed by atoms with E-state index in [0.29, 0.717) is 0 Å². The van der Waals surface area contributed by atoms with Crippen molar-refractivity contribution in [2.24, 2.45) is 5.73 Å². The van der Waals surface area contributed by atoms with E-state index >= 15 is 0 Å². The van der Waals surface area contributed by atoms with Gasteiger partial charge in [0.1, 0.15) is 0 Å².